The maximum absolute atomic E-state index is 12.2. The van der Waals surface area contributed by atoms with Crippen LogP contribution in [0.4, 0.5) is 13.2 Å². The lowest BCUT2D eigenvalue weighted by molar-refractivity contribution is -0.274. The third kappa shape index (κ3) is 4.99. The number of methoxy groups -OCH3 is 1. The molecule has 0 bridgehead atoms. The molecule has 0 radical (unpaired) electrons. The van der Waals surface area contributed by atoms with E-state index >= 15 is 0 Å². The van der Waals surface area contributed by atoms with E-state index in [0.717, 1.165) is 6.07 Å². The van der Waals surface area contributed by atoms with Gasteiger partial charge >= 0.3 is 6.36 Å². The van der Waals surface area contributed by atoms with E-state index in [1.807, 2.05) is 0 Å². The van der Waals surface area contributed by atoms with Crippen LogP contribution < -0.4 is 10.5 Å². The summed E-state index contributed by atoms with van der Waals surface area (Å²) in [5.74, 6) is -0.378. The van der Waals surface area contributed by atoms with Crippen molar-refractivity contribution in [3.8, 4) is 5.75 Å². The first kappa shape index (κ1) is 16.7. The Labute approximate surface area is 115 Å². The second-order valence-corrected chi connectivity index (χ2v) is 4.43. The molecule has 114 valence electrons. The van der Waals surface area contributed by atoms with Crippen molar-refractivity contribution in [2.75, 3.05) is 20.3 Å². The second-order valence-electron chi connectivity index (χ2n) is 4.43. The summed E-state index contributed by atoms with van der Waals surface area (Å²) in [5, 5.41) is 10.5. The molecular formula is C13H18F3NO3. The summed E-state index contributed by atoms with van der Waals surface area (Å²) in [6.45, 7) is 0.327. The maximum atomic E-state index is 12.2. The summed E-state index contributed by atoms with van der Waals surface area (Å²) in [6.07, 6.45) is -3.97. The minimum Gasteiger partial charge on any atom is -0.406 e. The largest absolute Gasteiger partial charge is 0.573 e. The Morgan fingerprint density at radius 3 is 2.55 bits per heavy atom. The number of rotatable bonds is 7. The zero-order chi connectivity index (χ0) is 15.2. The third-order valence-electron chi connectivity index (χ3n) is 2.78. The molecule has 1 atom stereocenters. The van der Waals surface area contributed by atoms with Crippen LogP contribution in [-0.4, -0.2) is 31.7 Å². The highest BCUT2D eigenvalue weighted by atomic mass is 19.4. The molecule has 1 rings (SSSR count). The number of hydrogen-bond acceptors (Lipinski definition) is 4. The van der Waals surface area contributed by atoms with E-state index in [-0.39, 0.29) is 18.8 Å². The van der Waals surface area contributed by atoms with Gasteiger partial charge in [0.05, 0.1) is 6.61 Å². The molecule has 0 aliphatic heterocycles. The highest BCUT2D eigenvalue weighted by molar-refractivity contribution is 5.32. The normalized spacial score (nSPS) is 14.9. The van der Waals surface area contributed by atoms with Gasteiger partial charge in [0, 0.05) is 7.11 Å². The molecule has 0 aliphatic rings. The van der Waals surface area contributed by atoms with Gasteiger partial charge in [-0.2, -0.15) is 0 Å². The van der Waals surface area contributed by atoms with Gasteiger partial charge in [-0.15, -0.1) is 13.2 Å². The number of nitrogens with two attached hydrogens (primary N) is 1. The molecule has 0 fully saturated rings. The summed E-state index contributed by atoms with van der Waals surface area (Å²) in [4.78, 5) is 0. The smallest absolute Gasteiger partial charge is 0.406 e. The molecule has 0 saturated heterocycles. The van der Waals surface area contributed by atoms with Gasteiger partial charge < -0.3 is 20.3 Å². The van der Waals surface area contributed by atoms with Gasteiger partial charge in [-0.05, 0) is 37.1 Å². The molecule has 1 unspecified atom stereocenters. The number of aliphatic hydroxyl groups is 1. The Bertz CT molecular complexity index is 426. The Kier molecular flexibility index (Phi) is 5.79. The highest BCUT2D eigenvalue weighted by Crippen LogP contribution is 2.31. The topological polar surface area (TPSA) is 64.7 Å². The van der Waals surface area contributed by atoms with Crippen molar-refractivity contribution in [3.63, 3.8) is 0 Å². The van der Waals surface area contributed by atoms with Gasteiger partial charge in [0.15, 0.2) is 0 Å². The van der Waals surface area contributed by atoms with E-state index in [1.165, 1.54) is 25.3 Å². The van der Waals surface area contributed by atoms with Gasteiger partial charge in [0.25, 0.3) is 0 Å². The summed E-state index contributed by atoms with van der Waals surface area (Å²) < 4.78 is 45.4. The molecule has 0 heterocycles. The number of ether oxygens (including phenoxy) is 2. The molecule has 1 aromatic rings. The van der Waals surface area contributed by atoms with Gasteiger partial charge in [0.2, 0.25) is 0 Å². The maximum Gasteiger partial charge on any atom is 0.573 e. The average molecular weight is 293 g/mol. The fourth-order valence-corrected chi connectivity index (χ4v) is 1.92. The van der Waals surface area contributed by atoms with Crippen LogP contribution in [0.25, 0.3) is 0 Å². The van der Waals surface area contributed by atoms with Crippen molar-refractivity contribution in [1.29, 1.82) is 0 Å². The average Bonchev–Trinajstić information content (AvgIpc) is 2.35. The quantitative estimate of drug-likeness (QED) is 0.808. The van der Waals surface area contributed by atoms with Crippen LogP contribution in [0.5, 0.6) is 5.75 Å². The number of benzene rings is 1. The second kappa shape index (κ2) is 6.92. The molecule has 0 amide bonds. The summed E-state index contributed by atoms with van der Waals surface area (Å²) in [5.41, 5.74) is 4.31. The van der Waals surface area contributed by atoms with Crippen LogP contribution in [0.2, 0.25) is 0 Å². The van der Waals surface area contributed by atoms with Crippen LogP contribution in [0.3, 0.4) is 0 Å². The molecule has 20 heavy (non-hydrogen) atoms. The van der Waals surface area contributed by atoms with Gasteiger partial charge in [-0.25, -0.2) is 0 Å². The standard InChI is InChI=1S/C13H18F3NO3/c1-19-9-12(18,6-3-7-17)10-4-2-5-11(8-10)20-13(14,15)16/h2,4-5,8,18H,3,6-7,9,17H2,1H3. The Balaban J connectivity index is 2.99. The van der Waals surface area contributed by atoms with Crippen molar-refractivity contribution in [1.82, 2.24) is 0 Å². The highest BCUT2D eigenvalue weighted by Gasteiger charge is 2.33. The predicted molar refractivity (Wildman–Crippen MR) is 67.2 cm³/mol. The summed E-state index contributed by atoms with van der Waals surface area (Å²) in [6, 6.07) is 5.24. The minimum atomic E-state index is -4.77. The fourth-order valence-electron chi connectivity index (χ4n) is 1.92. The van der Waals surface area contributed by atoms with Crippen molar-refractivity contribution < 1.29 is 27.8 Å². The van der Waals surface area contributed by atoms with Crippen LogP contribution >= 0.6 is 0 Å². The molecular weight excluding hydrogens is 275 g/mol. The Morgan fingerprint density at radius 1 is 1.30 bits per heavy atom. The number of hydrogen-bond donors (Lipinski definition) is 2. The molecule has 4 nitrogen and oxygen atoms in total. The van der Waals surface area contributed by atoms with Crippen LogP contribution in [-0.2, 0) is 10.3 Å². The third-order valence-corrected chi connectivity index (χ3v) is 2.78. The SMILES string of the molecule is COCC(O)(CCCN)c1cccc(OC(F)(F)F)c1. The minimum absolute atomic E-state index is 0.0392. The van der Waals surface area contributed by atoms with E-state index in [2.05, 4.69) is 4.74 Å². The van der Waals surface area contributed by atoms with Crippen molar-refractivity contribution in [2.24, 2.45) is 5.73 Å². The van der Waals surface area contributed by atoms with E-state index in [4.69, 9.17) is 10.5 Å². The number of alkyl halides is 3. The first-order valence-electron chi connectivity index (χ1n) is 6.08. The first-order chi connectivity index (χ1) is 9.30. The van der Waals surface area contributed by atoms with E-state index < -0.39 is 12.0 Å². The first-order valence-corrected chi connectivity index (χ1v) is 6.08. The van der Waals surface area contributed by atoms with Crippen molar-refractivity contribution in [2.45, 2.75) is 24.8 Å². The predicted octanol–water partition coefficient (Wildman–Crippen LogP) is 2.16. The molecule has 0 saturated carbocycles. The lowest BCUT2D eigenvalue weighted by atomic mass is 9.89. The molecule has 7 heteroatoms. The molecule has 0 aliphatic carbocycles. The zero-order valence-electron chi connectivity index (χ0n) is 11.1. The molecule has 1 aromatic carbocycles. The van der Waals surface area contributed by atoms with Crippen molar-refractivity contribution >= 4 is 0 Å². The van der Waals surface area contributed by atoms with Gasteiger partial charge in [0.1, 0.15) is 11.4 Å². The monoisotopic (exact) mass is 293 g/mol. The Hall–Kier alpha value is -1.31. The van der Waals surface area contributed by atoms with E-state index in [1.54, 1.807) is 0 Å². The molecule has 0 spiro atoms. The Morgan fingerprint density at radius 2 is 2.00 bits per heavy atom. The summed E-state index contributed by atoms with van der Waals surface area (Å²) >= 11 is 0. The fraction of sp³-hybridized carbons (Fsp3) is 0.538. The molecule has 0 aromatic heterocycles. The molecule has 3 N–H and O–H groups in total. The lowest BCUT2D eigenvalue weighted by Crippen LogP contribution is -2.32. The van der Waals surface area contributed by atoms with E-state index in [0.29, 0.717) is 18.5 Å². The summed E-state index contributed by atoms with van der Waals surface area (Å²) in [7, 11) is 1.41. The van der Waals surface area contributed by atoms with E-state index in [9.17, 15) is 18.3 Å². The van der Waals surface area contributed by atoms with Gasteiger partial charge in [-0.1, -0.05) is 12.1 Å². The van der Waals surface area contributed by atoms with Crippen LogP contribution in [0.15, 0.2) is 24.3 Å². The van der Waals surface area contributed by atoms with Crippen molar-refractivity contribution in [3.05, 3.63) is 29.8 Å². The van der Waals surface area contributed by atoms with Crippen LogP contribution in [0.1, 0.15) is 18.4 Å². The number of halogens is 3. The zero-order valence-corrected chi connectivity index (χ0v) is 11.1. The lowest BCUT2D eigenvalue weighted by Gasteiger charge is -2.28. The van der Waals surface area contributed by atoms with Gasteiger partial charge in [-0.3, -0.25) is 0 Å². The van der Waals surface area contributed by atoms with Crippen LogP contribution in [0, 0.1) is 0 Å².